The summed E-state index contributed by atoms with van der Waals surface area (Å²) in [6.07, 6.45) is -3.46. The number of benzene rings is 1. The summed E-state index contributed by atoms with van der Waals surface area (Å²) in [5, 5.41) is 22.3. The largest absolute Gasteiger partial charge is 0.432 e. The van der Waals surface area contributed by atoms with E-state index in [1.54, 1.807) is 0 Å². The predicted octanol–water partition coefficient (Wildman–Crippen LogP) is -0.0459. The molecule has 0 saturated carbocycles. The number of morpholine rings is 1. The van der Waals surface area contributed by atoms with Gasteiger partial charge in [0.25, 0.3) is 0 Å². The van der Waals surface area contributed by atoms with Crippen molar-refractivity contribution in [3.05, 3.63) is 17.7 Å². The number of nitrogens with zero attached hydrogens (tertiary/aromatic N) is 2. The Morgan fingerprint density at radius 2 is 1.92 bits per heavy atom. The summed E-state index contributed by atoms with van der Waals surface area (Å²) in [4.78, 5) is 20.9. The number of aliphatic hydroxyl groups is 2. The van der Waals surface area contributed by atoms with E-state index in [9.17, 15) is 29.0 Å². The maximum atomic E-state index is 13.5. The third-order valence-corrected chi connectivity index (χ3v) is 5.07. The first-order valence-electron chi connectivity index (χ1n) is 7.36. The zero-order valence-electron chi connectivity index (χ0n) is 12.7. The van der Waals surface area contributed by atoms with Crippen LogP contribution in [0.5, 0.6) is 0 Å². The van der Waals surface area contributed by atoms with Gasteiger partial charge in [0.1, 0.15) is 6.67 Å². The molecule has 9 nitrogen and oxygen atoms in total. The average molecular weight is 363 g/mol. The van der Waals surface area contributed by atoms with Crippen LogP contribution in [0.25, 0.3) is 0 Å². The molecule has 0 aliphatic carbocycles. The summed E-state index contributed by atoms with van der Waals surface area (Å²) < 4.78 is 30.9. The highest BCUT2D eigenvalue weighted by molar-refractivity contribution is 7.53. The standard InChI is InChI=1S/C13H19FN3O6P/c14-7-8-5-9-11(6-10(8)16-1-3-23-4-2-16)17(24(20,21)22)13(19)12(18)15-9/h5-6,12-13,15,18-19H,1-4,7H2,(H2,20,21,22). The zero-order valence-corrected chi connectivity index (χ0v) is 13.6. The minimum atomic E-state index is -4.90. The second-order valence-corrected chi connectivity index (χ2v) is 7.05. The minimum Gasteiger partial charge on any atom is -0.378 e. The van der Waals surface area contributed by atoms with Crippen molar-refractivity contribution < 1.29 is 33.7 Å². The lowest BCUT2D eigenvalue weighted by atomic mass is 10.1. The van der Waals surface area contributed by atoms with Crippen molar-refractivity contribution in [1.29, 1.82) is 0 Å². The van der Waals surface area contributed by atoms with Crippen molar-refractivity contribution >= 4 is 24.8 Å². The molecule has 0 aromatic heterocycles. The third kappa shape index (κ3) is 3.08. The maximum Gasteiger partial charge on any atom is 0.432 e. The fourth-order valence-electron chi connectivity index (χ4n) is 2.94. The molecule has 2 aliphatic heterocycles. The Labute approximate surface area is 137 Å². The minimum absolute atomic E-state index is 0.000162. The number of hydrogen-bond donors (Lipinski definition) is 5. The number of ether oxygens (including phenoxy) is 1. The maximum absolute atomic E-state index is 13.5. The highest BCUT2D eigenvalue weighted by Crippen LogP contribution is 2.51. The Kier molecular flexibility index (Phi) is 4.69. The molecule has 2 heterocycles. The lowest BCUT2D eigenvalue weighted by molar-refractivity contribution is 0.0382. The Hall–Kier alpha value is -1.42. The Bertz CT molecular complexity index is 665. The summed E-state index contributed by atoms with van der Waals surface area (Å²) in [6, 6.07) is 2.80. The van der Waals surface area contributed by atoms with Gasteiger partial charge in [0.05, 0.1) is 24.6 Å². The molecular formula is C13H19FN3O6P. The Balaban J connectivity index is 2.11. The van der Waals surface area contributed by atoms with Gasteiger partial charge < -0.3 is 35.0 Å². The van der Waals surface area contributed by atoms with Crippen LogP contribution in [0.4, 0.5) is 21.5 Å². The zero-order chi connectivity index (χ0) is 17.5. The van der Waals surface area contributed by atoms with Crippen LogP contribution in [0, 0.1) is 0 Å². The molecule has 1 fully saturated rings. The van der Waals surface area contributed by atoms with Crippen molar-refractivity contribution in [3.8, 4) is 0 Å². The third-order valence-electron chi connectivity index (χ3n) is 4.06. The highest BCUT2D eigenvalue weighted by Gasteiger charge is 2.41. The molecule has 0 spiro atoms. The second-order valence-electron chi connectivity index (χ2n) is 5.59. The van der Waals surface area contributed by atoms with Gasteiger partial charge in [-0.25, -0.2) is 13.6 Å². The van der Waals surface area contributed by atoms with E-state index in [0.29, 0.717) is 42.2 Å². The molecule has 11 heteroatoms. The first-order valence-corrected chi connectivity index (χ1v) is 8.93. The van der Waals surface area contributed by atoms with Crippen molar-refractivity contribution in [2.45, 2.75) is 19.1 Å². The SMILES string of the molecule is O=P(O)(O)N1c2cc(N3CCOCC3)c(CF)cc2NC(O)C1O. The van der Waals surface area contributed by atoms with Gasteiger partial charge in [0.15, 0.2) is 12.5 Å². The van der Waals surface area contributed by atoms with E-state index in [0.717, 1.165) is 0 Å². The van der Waals surface area contributed by atoms with Crippen LogP contribution in [0.3, 0.4) is 0 Å². The number of fused-ring (bicyclic) bond motifs is 1. The number of aliphatic hydroxyl groups excluding tert-OH is 2. The van der Waals surface area contributed by atoms with E-state index in [1.807, 2.05) is 4.90 Å². The van der Waals surface area contributed by atoms with Crippen molar-refractivity contribution in [2.75, 3.05) is 41.2 Å². The highest BCUT2D eigenvalue weighted by atomic mass is 31.2. The van der Waals surface area contributed by atoms with Crippen LogP contribution in [0.1, 0.15) is 5.56 Å². The van der Waals surface area contributed by atoms with Crippen LogP contribution < -0.4 is 14.9 Å². The van der Waals surface area contributed by atoms with Crippen molar-refractivity contribution in [1.82, 2.24) is 0 Å². The number of alkyl halides is 1. The van der Waals surface area contributed by atoms with Crippen LogP contribution in [0.15, 0.2) is 12.1 Å². The monoisotopic (exact) mass is 363 g/mol. The number of anilines is 3. The molecule has 1 aromatic carbocycles. The number of halogens is 1. The molecule has 5 N–H and O–H groups in total. The van der Waals surface area contributed by atoms with Gasteiger partial charge in [-0.05, 0) is 12.1 Å². The van der Waals surface area contributed by atoms with E-state index >= 15 is 0 Å². The van der Waals surface area contributed by atoms with Crippen LogP contribution >= 0.6 is 7.75 Å². The van der Waals surface area contributed by atoms with Gasteiger partial charge in [0, 0.05) is 24.3 Å². The molecule has 2 unspecified atom stereocenters. The number of nitrogens with one attached hydrogen (secondary N) is 1. The van der Waals surface area contributed by atoms with E-state index in [-0.39, 0.29) is 11.4 Å². The molecule has 134 valence electrons. The molecule has 3 rings (SSSR count). The Morgan fingerprint density at radius 3 is 2.50 bits per heavy atom. The fourth-order valence-corrected chi connectivity index (χ4v) is 3.82. The quantitative estimate of drug-likeness (QED) is 0.470. The topological polar surface area (TPSA) is 126 Å². The van der Waals surface area contributed by atoms with E-state index < -0.39 is 26.9 Å². The summed E-state index contributed by atoms with van der Waals surface area (Å²) in [7, 11) is -4.90. The van der Waals surface area contributed by atoms with Gasteiger partial charge in [-0.3, -0.25) is 0 Å². The van der Waals surface area contributed by atoms with E-state index in [1.165, 1.54) is 12.1 Å². The molecule has 0 bridgehead atoms. The normalized spacial score (nSPS) is 24.5. The van der Waals surface area contributed by atoms with Gasteiger partial charge in [-0.2, -0.15) is 0 Å². The van der Waals surface area contributed by atoms with Crippen molar-refractivity contribution in [2.24, 2.45) is 0 Å². The van der Waals surface area contributed by atoms with Crippen LogP contribution in [-0.4, -0.2) is 58.8 Å². The van der Waals surface area contributed by atoms with Gasteiger partial charge >= 0.3 is 7.75 Å². The summed E-state index contributed by atoms with van der Waals surface area (Å²) >= 11 is 0. The molecular weight excluding hydrogens is 344 g/mol. The lowest BCUT2D eigenvalue weighted by Crippen LogP contribution is -2.49. The van der Waals surface area contributed by atoms with Gasteiger partial charge in [-0.15, -0.1) is 0 Å². The second kappa shape index (κ2) is 6.47. The average Bonchev–Trinajstić information content (AvgIpc) is 2.54. The molecule has 2 aliphatic rings. The molecule has 24 heavy (non-hydrogen) atoms. The first-order chi connectivity index (χ1) is 11.3. The summed E-state index contributed by atoms with van der Waals surface area (Å²) in [6.45, 7) is 1.17. The first kappa shape index (κ1) is 17.4. The van der Waals surface area contributed by atoms with Gasteiger partial charge in [-0.1, -0.05) is 0 Å². The predicted molar refractivity (Wildman–Crippen MR) is 84.4 cm³/mol. The van der Waals surface area contributed by atoms with E-state index in [4.69, 9.17) is 4.74 Å². The van der Waals surface area contributed by atoms with Crippen LogP contribution in [0.2, 0.25) is 0 Å². The number of hydrogen-bond acceptors (Lipinski definition) is 6. The molecule has 2 atom stereocenters. The molecule has 0 amide bonds. The Morgan fingerprint density at radius 1 is 1.25 bits per heavy atom. The van der Waals surface area contributed by atoms with Gasteiger partial charge in [0.2, 0.25) is 0 Å². The molecule has 1 saturated heterocycles. The lowest BCUT2D eigenvalue weighted by Gasteiger charge is -2.40. The molecule has 1 aromatic rings. The summed E-state index contributed by atoms with van der Waals surface area (Å²) in [5.74, 6) is 0. The molecule has 0 radical (unpaired) electrons. The van der Waals surface area contributed by atoms with E-state index in [2.05, 4.69) is 5.32 Å². The number of rotatable bonds is 3. The van der Waals surface area contributed by atoms with Crippen molar-refractivity contribution in [3.63, 3.8) is 0 Å². The fraction of sp³-hybridized carbons (Fsp3) is 0.538. The van der Waals surface area contributed by atoms with Crippen LogP contribution in [-0.2, 0) is 16.0 Å². The smallest absolute Gasteiger partial charge is 0.378 e. The summed E-state index contributed by atoms with van der Waals surface area (Å²) in [5.41, 5.74) is 0.932.